The number of nitriles is 1. The summed E-state index contributed by atoms with van der Waals surface area (Å²) in [7, 11) is 0. The fourth-order valence-corrected chi connectivity index (χ4v) is 2.83. The highest BCUT2D eigenvalue weighted by Gasteiger charge is 2.25. The molecule has 4 nitrogen and oxygen atoms in total. The van der Waals surface area contributed by atoms with E-state index in [-0.39, 0.29) is 11.8 Å². The van der Waals surface area contributed by atoms with E-state index in [1.807, 2.05) is 25.1 Å². The molecule has 112 valence electrons. The lowest BCUT2D eigenvalue weighted by atomic mass is 9.96. The molecular formula is C16H20ClN3O. The minimum absolute atomic E-state index is 0.0178. The molecule has 1 atom stereocenters. The summed E-state index contributed by atoms with van der Waals surface area (Å²) in [5.74, 6) is 0.0258. The molecule has 0 spiro atoms. The number of amides is 1. The minimum atomic E-state index is -0.0178. The summed E-state index contributed by atoms with van der Waals surface area (Å²) in [6, 6.07) is 7.68. The molecule has 1 aliphatic heterocycles. The summed E-state index contributed by atoms with van der Waals surface area (Å²) in [4.78, 5) is 14.6. The van der Waals surface area contributed by atoms with Crippen molar-refractivity contribution in [3.8, 4) is 6.07 Å². The molecule has 1 heterocycles. The van der Waals surface area contributed by atoms with Gasteiger partial charge < -0.3 is 10.2 Å². The van der Waals surface area contributed by atoms with Gasteiger partial charge in [0.2, 0.25) is 5.91 Å². The average molecular weight is 306 g/mol. The highest BCUT2D eigenvalue weighted by molar-refractivity contribution is 6.31. The quantitative estimate of drug-likeness (QED) is 0.929. The number of nitrogens with one attached hydrogen (secondary N) is 1. The third-order valence-corrected chi connectivity index (χ3v) is 4.35. The van der Waals surface area contributed by atoms with Gasteiger partial charge in [0.05, 0.1) is 12.0 Å². The van der Waals surface area contributed by atoms with Gasteiger partial charge in [-0.2, -0.15) is 5.26 Å². The van der Waals surface area contributed by atoms with E-state index in [2.05, 4.69) is 16.3 Å². The van der Waals surface area contributed by atoms with E-state index in [1.54, 1.807) is 0 Å². The zero-order valence-corrected chi connectivity index (χ0v) is 13.0. The first kappa shape index (κ1) is 15.8. The average Bonchev–Trinajstić information content (AvgIpc) is 2.50. The summed E-state index contributed by atoms with van der Waals surface area (Å²) in [5, 5.41) is 12.3. The number of benzene rings is 1. The van der Waals surface area contributed by atoms with E-state index in [0.29, 0.717) is 11.4 Å². The first-order chi connectivity index (χ1) is 10.1. The Kier molecular flexibility index (Phi) is 5.60. The Balaban J connectivity index is 1.96. The number of hydrogen-bond donors (Lipinski definition) is 1. The maximum absolute atomic E-state index is 12.4. The Morgan fingerprint density at radius 3 is 3.14 bits per heavy atom. The number of carbonyl (C=O) groups excluding carboxylic acids is 1. The topological polar surface area (TPSA) is 56.1 Å². The second kappa shape index (κ2) is 7.44. The van der Waals surface area contributed by atoms with Crippen LogP contribution in [-0.2, 0) is 4.79 Å². The predicted molar refractivity (Wildman–Crippen MR) is 84.2 cm³/mol. The number of anilines is 1. The van der Waals surface area contributed by atoms with E-state index >= 15 is 0 Å². The maximum Gasteiger partial charge on any atom is 0.228 e. The lowest BCUT2D eigenvalue weighted by Gasteiger charge is -2.31. The van der Waals surface area contributed by atoms with Crippen LogP contribution in [0.4, 0.5) is 5.69 Å². The van der Waals surface area contributed by atoms with Gasteiger partial charge >= 0.3 is 0 Å². The molecule has 0 aliphatic carbocycles. The van der Waals surface area contributed by atoms with Crippen molar-refractivity contribution >= 4 is 23.2 Å². The van der Waals surface area contributed by atoms with Gasteiger partial charge in [-0.05, 0) is 44.0 Å². The molecular weight excluding hydrogens is 286 g/mol. The van der Waals surface area contributed by atoms with Crippen LogP contribution in [0.25, 0.3) is 0 Å². The summed E-state index contributed by atoms with van der Waals surface area (Å²) < 4.78 is 0. The number of hydrogen-bond acceptors (Lipinski definition) is 3. The molecule has 1 aromatic carbocycles. The lowest BCUT2D eigenvalue weighted by molar-refractivity contribution is -0.121. The maximum atomic E-state index is 12.4. The Morgan fingerprint density at radius 1 is 1.57 bits per heavy atom. The van der Waals surface area contributed by atoms with Gasteiger partial charge in [0.1, 0.15) is 0 Å². The summed E-state index contributed by atoms with van der Waals surface area (Å²) in [5.41, 5.74) is 1.67. The zero-order valence-electron chi connectivity index (χ0n) is 12.2. The number of likely N-dealkylation sites (tertiary alicyclic amines) is 1. The van der Waals surface area contributed by atoms with E-state index in [1.165, 1.54) is 0 Å². The standard InChI is InChI=1S/C16H20ClN3O/c1-12-14(17)6-2-7-15(12)19-16(21)13-5-3-9-20(11-13)10-4-8-18/h2,6-7,13H,3-5,9-11H2,1H3,(H,19,21). The Labute approximate surface area is 130 Å². The molecule has 1 aromatic rings. The zero-order chi connectivity index (χ0) is 15.2. The van der Waals surface area contributed by atoms with Crippen molar-refractivity contribution in [3.63, 3.8) is 0 Å². The van der Waals surface area contributed by atoms with Gasteiger partial charge in [-0.15, -0.1) is 0 Å². The smallest absolute Gasteiger partial charge is 0.228 e. The van der Waals surface area contributed by atoms with Crippen LogP contribution in [0.3, 0.4) is 0 Å². The second-order valence-electron chi connectivity index (χ2n) is 5.45. The predicted octanol–water partition coefficient (Wildman–Crippen LogP) is 3.21. The molecule has 1 unspecified atom stereocenters. The fraction of sp³-hybridized carbons (Fsp3) is 0.500. The molecule has 0 saturated carbocycles. The third kappa shape index (κ3) is 4.20. The van der Waals surface area contributed by atoms with Crippen molar-refractivity contribution < 1.29 is 4.79 Å². The molecule has 5 heteroatoms. The number of nitrogens with zero attached hydrogens (tertiary/aromatic N) is 2. The minimum Gasteiger partial charge on any atom is -0.326 e. The van der Waals surface area contributed by atoms with Crippen molar-refractivity contribution in [1.82, 2.24) is 4.90 Å². The van der Waals surface area contributed by atoms with Gasteiger partial charge in [0.15, 0.2) is 0 Å². The van der Waals surface area contributed by atoms with Gasteiger partial charge in [-0.25, -0.2) is 0 Å². The Bertz CT molecular complexity index is 553. The molecule has 0 radical (unpaired) electrons. The SMILES string of the molecule is Cc1c(Cl)cccc1NC(=O)C1CCCN(CCC#N)C1. The number of rotatable bonds is 4. The summed E-state index contributed by atoms with van der Waals surface area (Å²) >= 11 is 6.07. The van der Waals surface area contributed by atoms with E-state index < -0.39 is 0 Å². The lowest BCUT2D eigenvalue weighted by Crippen LogP contribution is -2.41. The number of piperidine rings is 1. The van der Waals surface area contributed by atoms with Crippen molar-refractivity contribution in [2.45, 2.75) is 26.2 Å². The van der Waals surface area contributed by atoms with Gasteiger partial charge in [0, 0.05) is 30.2 Å². The van der Waals surface area contributed by atoms with Crippen LogP contribution >= 0.6 is 11.6 Å². The number of halogens is 1. The first-order valence-electron chi connectivity index (χ1n) is 7.27. The monoisotopic (exact) mass is 305 g/mol. The van der Waals surface area contributed by atoms with Crippen molar-refractivity contribution in [1.29, 1.82) is 5.26 Å². The molecule has 1 fully saturated rings. The van der Waals surface area contributed by atoms with Crippen LogP contribution in [0.5, 0.6) is 0 Å². The largest absolute Gasteiger partial charge is 0.326 e. The molecule has 0 bridgehead atoms. The molecule has 21 heavy (non-hydrogen) atoms. The highest BCUT2D eigenvalue weighted by atomic mass is 35.5. The van der Waals surface area contributed by atoms with E-state index in [9.17, 15) is 4.79 Å². The van der Waals surface area contributed by atoms with Gasteiger partial charge in [0.25, 0.3) is 0 Å². The van der Waals surface area contributed by atoms with Crippen LogP contribution in [0.15, 0.2) is 18.2 Å². The molecule has 1 aliphatic rings. The van der Waals surface area contributed by atoms with Gasteiger partial charge in [-0.1, -0.05) is 17.7 Å². The molecule has 2 rings (SSSR count). The second-order valence-corrected chi connectivity index (χ2v) is 5.86. The Morgan fingerprint density at radius 2 is 2.38 bits per heavy atom. The van der Waals surface area contributed by atoms with E-state index in [4.69, 9.17) is 16.9 Å². The number of carbonyl (C=O) groups is 1. The van der Waals surface area contributed by atoms with Gasteiger partial charge in [-0.3, -0.25) is 4.79 Å². The Hall–Kier alpha value is -1.57. The molecule has 1 amide bonds. The molecule has 1 saturated heterocycles. The van der Waals surface area contributed by atoms with Crippen LogP contribution in [0.1, 0.15) is 24.8 Å². The van der Waals surface area contributed by atoms with Crippen LogP contribution in [0.2, 0.25) is 5.02 Å². The fourth-order valence-electron chi connectivity index (χ4n) is 2.66. The van der Waals surface area contributed by atoms with Crippen LogP contribution < -0.4 is 5.32 Å². The first-order valence-corrected chi connectivity index (χ1v) is 7.65. The normalized spacial score (nSPS) is 19.0. The van der Waals surface area contributed by atoms with Crippen molar-refractivity contribution in [2.75, 3.05) is 25.0 Å². The van der Waals surface area contributed by atoms with Crippen LogP contribution in [0, 0.1) is 24.2 Å². The molecule has 1 N–H and O–H groups in total. The van der Waals surface area contributed by atoms with Crippen molar-refractivity contribution in [2.24, 2.45) is 5.92 Å². The molecule has 0 aromatic heterocycles. The van der Waals surface area contributed by atoms with Crippen molar-refractivity contribution in [3.05, 3.63) is 28.8 Å². The third-order valence-electron chi connectivity index (χ3n) is 3.94. The summed E-state index contributed by atoms with van der Waals surface area (Å²) in [6.07, 6.45) is 2.41. The highest BCUT2D eigenvalue weighted by Crippen LogP contribution is 2.25. The van der Waals surface area contributed by atoms with Crippen LogP contribution in [-0.4, -0.2) is 30.4 Å². The van der Waals surface area contributed by atoms with E-state index in [0.717, 1.165) is 43.7 Å². The summed E-state index contributed by atoms with van der Waals surface area (Å²) in [6.45, 7) is 4.35.